The molecule has 0 fully saturated rings. The van der Waals surface area contributed by atoms with Crippen molar-refractivity contribution in [1.29, 1.82) is 0 Å². The van der Waals surface area contributed by atoms with E-state index in [1.165, 1.54) is 0 Å². The van der Waals surface area contributed by atoms with E-state index in [0.29, 0.717) is 36.4 Å². The van der Waals surface area contributed by atoms with E-state index in [1.807, 2.05) is 5.32 Å². The summed E-state index contributed by atoms with van der Waals surface area (Å²) >= 11 is 0. The topological polar surface area (TPSA) is 290 Å². The standard InChI is InChI=1S/C17H12N2O15S4.4Na.4H/c20-17(12-2-1-9(19(21)22)5-14(12)37(29,30)31)18-13-6-10(35(23,24)25)3-8-4-11(36(26,27)28)7-15(16(8)13)38(32,33)34;;;;;;;;/h1-7H,(H,18,20)(H,23,24,25)(H,26,27,28)(H,29,30,31)(H,32,33,34);;;;;;;;. The van der Waals surface area contributed by atoms with Crippen LogP contribution in [-0.4, -0.2) is 181 Å². The first-order chi connectivity index (χ1) is 17.1. The van der Waals surface area contributed by atoms with Crippen molar-refractivity contribution in [3.8, 4) is 0 Å². The summed E-state index contributed by atoms with van der Waals surface area (Å²) in [4.78, 5) is 18.1. The molecule has 0 saturated carbocycles. The van der Waals surface area contributed by atoms with Crippen molar-refractivity contribution in [2.45, 2.75) is 19.6 Å². The van der Waals surface area contributed by atoms with E-state index in [2.05, 4.69) is 0 Å². The second-order valence-corrected chi connectivity index (χ2v) is 12.9. The minimum absolute atomic E-state index is 0. The molecule has 0 aromatic heterocycles. The van der Waals surface area contributed by atoms with Gasteiger partial charge in [0.05, 0.1) is 26.0 Å². The zero-order valence-electron chi connectivity index (χ0n) is 17.9. The SMILES string of the molecule is O=C(Nc1cc(S(=O)(=O)O)cc2cc(S(=O)(=O)O)cc(S(=O)(=O)O)c12)c1ccc([N+](=O)[O-])cc1S(=O)(=O)O.[NaH].[NaH].[NaH].[NaH]. The van der Waals surface area contributed by atoms with Crippen LogP contribution in [0.3, 0.4) is 0 Å². The van der Waals surface area contributed by atoms with Crippen molar-refractivity contribution in [2.24, 2.45) is 0 Å². The predicted octanol–water partition coefficient (Wildman–Crippen LogP) is -1.61. The molecule has 0 unspecified atom stereocenters. The molecule has 3 aromatic rings. The van der Waals surface area contributed by atoms with Crippen LogP contribution in [-0.2, 0) is 40.5 Å². The third kappa shape index (κ3) is 10.5. The van der Waals surface area contributed by atoms with Crippen molar-refractivity contribution in [3.05, 3.63) is 58.1 Å². The Kier molecular flexibility index (Phi) is 16.8. The summed E-state index contributed by atoms with van der Waals surface area (Å²) in [5.41, 5.74) is -2.68. The monoisotopic (exact) mass is 708 g/mol. The third-order valence-corrected chi connectivity index (χ3v) is 8.21. The number of rotatable bonds is 7. The average molecular weight is 709 g/mol. The molecule has 0 heterocycles. The van der Waals surface area contributed by atoms with Crippen molar-refractivity contribution in [1.82, 2.24) is 0 Å². The number of hydrogen-bond donors (Lipinski definition) is 5. The van der Waals surface area contributed by atoms with Crippen LogP contribution in [0.2, 0.25) is 0 Å². The first-order valence-electron chi connectivity index (χ1n) is 9.22. The fourth-order valence-electron chi connectivity index (χ4n) is 3.24. The number of carbonyl (C=O) groups excluding carboxylic acids is 1. The number of benzene rings is 3. The number of nitro benzene ring substituents is 1. The van der Waals surface area contributed by atoms with Crippen molar-refractivity contribution < 1.29 is 61.6 Å². The van der Waals surface area contributed by atoms with Gasteiger partial charge in [0.25, 0.3) is 52.1 Å². The van der Waals surface area contributed by atoms with Gasteiger partial charge in [-0.3, -0.25) is 33.1 Å². The summed E-state index contributed by atoms with van der Waals surface area (Å²) in [6.45, 7) is 0. The summed E-state index contributed by atoms with van der Waals surface area (Å²) in [5, 5.41) is 11.4. The van der Waals surface area contributed by atoms with Crippen LogP contribution in [0.4, 0.5) is 11.4 Å². The maximum absolute atomic E-state index is 12.9. The molecule has 0 aliphatic heterocycles. The molecule has 3 rings (SSSR count). The summed E-state index contributed by atoms with van der Waals surface area (Å²) in [7, 11) is -21.0. The molecule has 0 atom stereocenters. The normalized spacial score (nSPS) is 11.6. The summed E-state index contributed by atoms with van der Waals surface area (Å²) in [6, 6.07) is 3.34. The molecule has 212 valence electrons. The Labute approximate surface area is 326 Å². The van der Waals surface area contributed by atoms with Crippen LogP contribution >= 0.6 is 0 Å². The second-order valence-electron chi connectivity index (χ2n) is 7.28. The second kappa shape index (κ2) is 15.8. The fourth-order valence-corrected chi connectivity index (χ4v) is 5.87. The molecule has 1 amide bonds. The summed E-state index contributed by atoms with van der Waals surface area (Å²) < 4.78 is 132. The molecule has 0 saturated heterocycles. The van der Waals surface area contributed by atoms with Crippen molar-refractivity contribution in [2.75, 3.05) is 5.32 Å². The number of nitrogens with zero attached hydrogens (tertiary/aromatic N) is 1. The molecule has 0 radical (unpaired) electrons. The Morgan fingerprint density at radius 2 is 1.12 bits per heavy atom. The summed E-state index contributed by atoms with van der Waals surface area (Å²) in [5.74, 6) is -1.53. The number of nitrogens with one attached hydrogen (secondary N) is 1. The van der Waals surface area contributed by atoms with Gasteiger partial charge in [0.2, 0.25) is 0 Å². The van der Waals surface area contributed by atoms with Crippen LogP contribution in [0, 0.1) is 10.1 Å². The summed E-state index contributed by atoms with van der Waals surface area (Å²) in [6.07, 6.45) is 0. The Morgan fingerprint density at radius 1 is 0.667 bits per heavy atom. The third-order valence-electron chi connectivity index (χ3n) is 4.78. The molecular formula is C17H16N2Na4O15S4. The van der Waals surface area contributed by atoms with E-state index in [1.54, 1.807) is 0 Å². The number of amides is 1. The minimum atomic E-state index is -5.38. The van der Waals surface area contributed by atoms with E-state index in [0.717, 1.165) is 0 Å². The first kappa shape index (κ1) is 44.6. The van der Waals surface area contributed by atoms with Crippen LogP contribution in [0.15, 0.2) is 62.0 Å². The van der Waals surface area contributed by atoms with Gasteiger partial charge in [-0.25, -0.2) is 0 Å². The molecule has 5 N–H and O–H groups in total. The number of nitro groups is 1. The van der Waals surface area contributed by atoms with Gasteiger partial charge in [-0.2, -0.15) is 33.7 Å². The van der Waals surface area contributed by atoms with Crippen LogP contribution in [0.25, 0.3) is 10.8 Å². The van der Waals surface area contributed by atoms with Gasteiger partial charge in [0, 0.05) is 17.5 Å². The van der Waals surface area contributed by atoms with E-state index >= 15 is 0 Å². The van der Waals surface area contributed by atoms with Gasteiger partial charge in [0.15, 0.2) is 0 Å². The fraction of sp³-hybridized carbons (Fsp3) is 0. The molecule has 3 aromatic carbocycles. The van der Waals surface area contributed by atoms with Gasteiger partial charge in [-0.15, -0.1) is 0 Å². The van der Waals surface area contributed by atoms with E-state index in [4.69, 9.17) is 0 Å². The molecule has 17 nitrogen and oxygen atoms in total. The Bertz CT molecular complexity index is 2000. The quantitative estimate of drug-likeness (QED) is 0.0799. The number of anilines is 1. The van der Waals surface area contributed by atoms with Gasteiger partial charge >= 0.3 is 118 Å². The average Bonchev–Trinajstić information content (AvgIpc) is 2.75. The maximum atomic E-state index is 12.9. The van der Waals surface area contributed by atoms with E-state index in [9.17, 15) is 66.8 Å². The molecule has 0 aliphatic carbocycles. The number of carbonyl (C=O) groups is 1. The molecule has 0 bridgehead atoms. The van der Waals surface area contributed by atoms with Gasteiger partial charge in [0.1, 0.15) is 9.79 Å². The van der Waals surface area contributed by atoms with Crippen molar-refractivity contribution in [3.63, 3.8) is 0 Å². The Hall–Kier alpha value is 0.430. The molecule has 25 heteroatoms. The Morgan fingerprint density at radius 3 is 1.52 bits per heavy atom. The first-order valence-corrected chi connectivity index (χ1v) is 15.0. The molecule has 0 aliphatic rings. The zero-order chi connectivity index (χ0) is 29.0. The molecule has 0 spiro atoms. The molecular weight excluding hydrogens is 692 g/mol. The van der Waals surface area contributed by atoms with Crippen LogP contribution < -0.4 is 5.32 Å². The molecule has 42 heavy (non-hydrogen) atoms. The van der Waals surface area contributed by atoms with Gasteiger partial charge in [-0.05, 0) is 35.7 Å². The van der Waals surface area contributed by atoms with Crippen molar-refractivity contribution >= 4 is 187 Å². The zero-order valence-corrected chi connectivity index (χ0v) is 21.2. The number of non-ortho nitro benzene ring substituents is 1. The van der Waals surface area contributed by atoms with Crippen LogP contribution in [0.1, 0.15) is 10.4 Å². The number of fused-ring (bicyclic) bond motifs is 1. The van der Waals surface area contributed by atoms with E-state index in [-0.39, 0.29) is 124 Å². The Balaban J connectivity index is 0. The van der Waals surface area contributed by atoms with Gasteiger partial charge < -0.3 is 5.32 Å². The predicted molar refractivity (Wildman–Crippen MR) is 153 cm³/mol. The van der Waals surface area contributed by atoms with E-state index < -0.39 is 98.6 Å². The van der Waals surface area contributed by atoms with Gasteiger partial charge in [-0.1, -0.05) is 0 Å². The number of hydrogen-bond acceptors (Lipinski definition) is 11. The van der Waals surface area contributed by atoms with Crippen LogP contribution in [0.5, 0.6) is 0 Å².